The minimum Gasteiger partial charge on any atom is -0.466 e. The summed E-state index contributed by atoms with van der Waals surface area (Å²) in [5.41, 5.74) is 1.18. The minimum absolute atomic E-state index is 0.263. The number of ether oxygens (including phenoxy) is 2. The first-order valence-electron chi connectivity index (χ1n) is 9.64. The normalized spacial score (nSPS) is 20.3. The number of nitrogens with one attached hydrogen (secondary N) is 1. The van der Waals surface area contributed by atoms with E-state index in [-0.39, 0.29) is 17.9 Å². The zero-order chi connectivity index (χ0) is 19.9. The topological polar surface area (TPSA) is 67.9 Å². The maximum absolute atomic E-state index is 12.3. The average Bonchev–Trinajstić information content (AvgIpc) is 2.97. The molecule has 150 valence electrons. The minimum atomic E-state index is -1.25. The van der Waals surface area contributed by atoms with Crippen molar-refractivity contribution in [2.75, 3.05) is 26.3 Å². The zero-order valence-corrected chi connectivity index (χ0v) is 17.9. The van der Waals surface area contributed by atoms with Crippen molar-refractivity contribution < 1.29 is 19.1 Å². The molecule has 0 unspecified atom stereocenters. The van der Waals surface area contributed by atoms with Gasteiger partial charge in [0.25, 0.3) is 0 Å². The van der Waals surface area contributed by atoms with Crippen LogP contribution < -0.4 is 5.32 Å². The average molecular weight is 393 g/mol. The third kappa shape index (κ3) is 7.34. The molecule has 2 atom stereocenters. The zero-order valence-electron chi connectivity index (χ0n) is 16.9. The van der Waals surface area contributed by atoms with E-state index in [1.54, 1.807) is 6.92 Å². The van der Waals surface area contributed by atoms with Crippen LogP contribution in [0.25, 0.3) is 0 Å². The van der Waals surface area contributed by atoms with Crippen molar-refractivity contribution in [3.8, 4) is 0 Å². The molecule has 1 saturated heterocycles. The van der Waals surface area contributed by atoms with Crippen molar-refractivity contribution in [2.45, 2.75) is 45.2 Å². The number of benzene rings is 1. The van der Waals surface area contributed by atoms with Crippen LogP contribution in [0.1, 0.15) is 12.5 Å². The molecule has 0 saturated carbocycles. The fraction of sp³-hybridized carbons (Fsp3) is 0.600. The Bertz CT molecular complexity index is 618. The summed E-state index contributed by atoms with van der Waals surface area (Å²) in [6.07, 6.45) is -0.450. The quantitative estimate of drug-likeness (QED) is 0.544. The van der Waals surface area contributed by atoms with Crippen molar-refractivity contribution >= 4 is 20.1 Å². The van der Waals surface area contributed by atoms with E-state index in [1.807, 2.05) is 18.2 Å². The fourth-order valence-electron chi connectivity index (χ4n) is 3.13. The Morgan fingerprint density at radius 3 is 2.48 bits per heavy atom. The van der Waals surface area contributed by atoms with Crippen LogP contribution in [0.15, 0.2) is 30.3 Å². The lowest BCUT2D eigenvalue weighted by Crippen LogP contribution is -2.44. The highest BCUT2D eigenvalue weighted by Crippen LogP contribution is 2.21. The first-order chi connectivity index (χ1) is 12.8. The maximum Gasteiger partial charge on any atom is 0.407 e. The van der Waals surface area contributed by atoms with Crippen molar-refractivity contribution in [3.63, 3.8) is 0 Å². The second kappa shape index (κ2) is 9.89. The molecule has 1 amide bonds. The molecular weight excluding hydrogens is 360 g/mol. The molecule has 27 heavy (non-hydrogen) atoms. The highest BCUT2D eigenvalue weighted by Gasteiger charge is 2.39. The van der Waals surface area contributed by atoms with Crippen LogP contribution >= 0.6 is 0 Å². The van der Waals surface area contributed by atoms with Gasteiger partial charge < -0.3 is 14.8 Å². The van der Waals surface area contributed by atoms with Gasteiger partial charge in [-0.15, -0.1) is 0 Å². The van der Waals surface area contributed by atoms with Gasteiger partial charge in [-0.2, -0.15) is 0 Å². The molecule has 0 bridgehead atoms. The van der Waals surface area contributed by atoms with E-state index in [0.29, 0.717) is 26.3 Å². The molecule has 0 aromatic heterocycles. The van der Waals surface area contributed by atoms with Crippen LogP contribution in [-0.4, -0.2) is 57.4 Å². The predicted molar refractivity (Wildman–Crippen MR) is 108 cm³/mol. The number of likely N-dealkylation sites (tertiary alicyclic amines) is 1. The van der Waals surface area contributed by atoms with Gasteiger partial charge >= 0.3 is 12.1 Å². The highest BCUT2D eigenvalue weighted by atomic mass is 28.3. The van der Waals surface area contributed by atoms with Gasteiger partial charge in [0.2, 0.25) is 0 Å². The molecule has 1 heterocycles. The van der Waals surface area contributed by atoms with Crippen LogP contribution in [0, 0.1) is 5.92 Å². The Morgan fingerprint density at radius 1 is 1.15 bits per heavy atom. The predicted octanol–water partition coefficient (Wildman–Crippen LogP) is 3.11. The molecule has 2 rings (SSSR count). The smallest absolute Gasteiger partial charge is 0.407 e. The fourth-order valence-corrected chi connectivity index (χ4v) is 3.85. The number of rotatable bonds is 8. The summed E-state index contributed by atoms with van der Waals surface area (Å²) in [5, 5.41) is 2.88. The van der Waals surface area contributed by atoms with Crippen LogP contribution in [0.4, 0.5) is 4.79 Å². The van der Waals surface area contributed by atoms with E-state index >= 15 is 0 Å². The maximum atomic E-state index is 12.3. The summed E-state index contributed by atoms with van der Waals surface area (Å²) in [6.45, 7) is 11.2. The Balaban J connectivity index is 1.93. The van der Waals surface area contributed by atoms with Crippen molar-refractivity contribution in [3.05, 3.63) is 35.9 Å². The largest absolute Gasteiger partial charge is 0.466 e. The van der Waals surface area contributed by atoms with Crippen LogP contribution in [0.5, 0.6) is 0 Å². The van der Waals surface area contributed by atoms with E-state index in [0.717, 1.165) is 12.6 Å². The third-order valence-corrected chi connectivity index (χ3v) is 6.33. The number of esters is 1. The lowest BCUT2D eigenvalue weighted by atomic mass is 10.0. The molecule has 6 nitrogen and oxygen atoms in total. The van der Waals surface area contributed by atoms with E-state index in [1.165, 1.54) is 5.56 Å². The SMILES string of the molecule is CCOC(=O)[C@@H]1CN(Cc2ccccc2)C[C@H]1NC(=O)OCC[Si](C)(C)C. The standard InChI is InChI=1S/C20H32N2O4Si/c1-5-25-19(23)17-14-22(13-16-9-7-6-8-10-16)15-18(17)21-20(24)26-11-12-27(2,3)4/h6-10,17-18H,5,11-15H2,1-4H3,(H,21,24)/t17-,18-/m1/s1. The first kappa shape index (κ1) is 21.4. The molecule has 0 radical (unpaired) electrons. The summed E-state index contributed by atoms with van der Waals surface area (Å²) in [6, 6.07) is 10.7. The summed E-state index contributed by atoms with van der Waals surface area (Å²) in [5.74, 6) is -0.640. The number of hydrogen-bond acceptors (Lipinski definition) is 5. The number of nitrogens with zero attached hydrogens (tertiary/aromatic N) is 1. The van der Waals surface area contributed by atoms with Crippen molar-refractivity contribution in [1.82, 2.24) is 10.2 Å². The van der Waals surface area contributed by atoms with E-state index in [9.17, 15) is 9.59 Å². The van der Waals surface area contributed by atoms with Crippen LogP contribution in [0.3, 0.4) is 0 Å². The van der Waals surface area contributed by atoms with Gasteiger partial charge in [-0.1, -0.05) is 50.0 Å². The molecule has 1 aromatic rings. The Morgan fingerprint density at radius 2 is 1.85 bits per heavy atom. The Hall–Kier alpha value is -1.86. The van der Waals surface area contributed by atoms with E-state index in [2.05, 4.69) is 42.0 Å². The second-order valence-corrected chi connectivity index (χ2v) is 13.9. The van der Waals surface area contributed by atoms with Gasteiger partial charge in [0, 0.05) is 27.7 Å². The van der Waals surface area contributed by atoms with E-state index in [4.69, 9.17) is 9.47 Å². The summed E-state index contributed by atoms with van der Waals surface area (Å²) in [4.78, 5) is 26.7. The molecule has 0 spiro atoms. The number of amides is 1. The van der Waals surface area contributed by atoms with Crippen molar-refractivity contribution in [2.24, 2.45) is 5.92 Å². The van der Waals surface area contributed by atoms with Crippen LogP contribution in [-0.2, 0) is 20.8 Å². The molecule has 1 aromatic carbocycles. The Kier molecular flexibility index (Phi) is 7.86. The van der Waals surface area contributed by atoms with Gasteiger partial charge in [-0.3, -0.25) is 9.69 Å². The lowest BCUT2D eigenvalue weighted by Gasteiger charge is -2.20. The second-order valence-electron chi connectivity index (χ2n) is 8.24. The van der Waals surface area contributed by atoms with Gasteiger partial charge in [0.05, 0.1) is 25.2 Å². The number of alkyl carbamates (subject to hydrolysis) is 1. The Labute approximate surface area is 163 Å². The third-order valence-electron chi connectivity index (χ3n) is 4.62. The van der Waals surface area contributed by atoms with Gasteiger partial charge in [-0.25, -0.2) is 4.79 Å². The summed E-state index contributed by atoms with van der Waals surface area (Å²) < 4.78 is 10.5. The van der Waals surface area contributed by atoms with Gasteiger partial charge in [-0.05, 0) is 18.5 Å². The number of carbonyl (C=O) groups is 2. The molecular formula is C20H32N2O4Si. The summed E-state index contributed by atoms with van der Waals surface area (Å²) in [7, 11) is -1.25. The molecule has 1 aliphatic rings. The monoisotopic (exact) mass is 392 g/mol. The highest BCUT2D eigenvalue weighted by molar-refractivity contribution is 6.76. The molecule has 7 heteroatoms. The van der Waals surface area contributed by atoms with Gasteiger partial charge in [0.15, 0.2) is 0 Å². The van der Waals surface area contributed by atoms with Crippen molar-refractivity contribution in [1.29, 1.82) is 0 Å². The molecule has 0 aliphatic carbocycles. The first-order valence-corrected chi connectivity index (χ1v) is 13.4. The summed E-state index contributed by atoms with van der Waals surface area (Å²) >= 11 is 0. The van der Waals surface area contributed by atoms with Gasteiger partial charge in [0.1, 0.15) is 0 Å². The molecule has 1 aliphatic heterocycles. The van der Waals surface area contributed by atoms with E-state index < -0.39 is 14.2 Å². The molecule has 1 fully saturated rings. The lowest BCUT2D eigenvalue weighted by molar-refractivity contribution is -0.148. The molecule has 1 N–H and O–H groups in total. The number of hydrogen-bond donors (Lipinski definition) is 1. The van der Waals surface area contributed by atoms with Crippen LogP contribution in [0.2, 0.25) is 25.7 Å². The number of carbonyl (C=O) groups excluding carboxylic acids is 2.